The highest BCUT2D eigenvalue weighted by Crippen LogP contribution is 2.35. The molecule has 0 aromatic heterocycles. The summed E-state index contributed by atoms with van der Waals surface area (Å²) >= 11 is 0. The predicted molar refractivity (Wildman–Crippen MR) is 106 cm³/mol. The second-order valence-electron chi connectivity index (χ2n) is 7.47. The molecule has 0 saturated carbocycles. The van der Waals surface area contributed by atoms with E-state index in [9.17, 15) is 15.0 Å². The molecule has 0 bridgehead atoms. The molecule has 3 rings (SSSR count). The number of nitrogens with zero attached hydrogens (tertiary/aromatic N) is 1. The van der Waals surface area contributed by atoms with E-state index in [-0.39, 0.29) is 5.91 Å². The number of anilines is 1. The topological polar surface area (TPSA) is 72.8 Å². The highest BCUT2D eigenvalue weighted by Gasteiger charge is 2.35. The summed E-state index contributed by atoms with van der Waals surface area (Å²) in [6.45, 7) is 5.52. The standard InChI is InChI=1S/C22H28N2O3/c1-16-5-3-4-6-20(16)22(27)11-13-24(14-12-22)15-21(26)18-7-9-19(10-8-18)23-17(2)25/h3-10,21,26-27H,11-15H2,1-2H3,(H,23,25)/t21-/m1/s1. The van der Waals surface area contributed by atoms with Crippen molar-refractivity contribution in [3.05, 3.63) is 65.2 Å². The maximum absolute atomic E-state index is 11.1. The fourth-order valence-corrected chi connectivity index (χ4v) is 3.81. The number of rotatable bonds is 5. The molecule has 2 aromatic carbocycles. The second-order valence-corrected chi connectivity index (χ2v) is 7.47. The number of amides is 1. The van der Waals surface area contributed by atoms with E-state index in [0.717, 1.165) is 35.5 Å². The number of hydrogen-bond donors (Lipinski definition) is 3. The number of likely N-dealkylation sites (tertiary alicyclic amines) is 1. The molecule has 1 atom stereocenters. The van der Waals surface area contributed by atoms with Crippen molar-refractivity contribution >= 4 is 11.6 Å². The fraction of sp³-hybridized carbons (Fsp3) is 0.409. The van der Waals surface area contributed by atoms with E-state index in [1.165, 1.54) is 6.92 Å². The summed E-state index contributed by atoms with van der Waals surface area (Å²) in [7, 11) is 0. The van der Waals surface area contributed by atoms with Gasteiger partial charge in [-0.3, -0.25) is 4.79 Å². The largest absolute Gasteiger partial charge is 0.387 e. The van der Waals surface area contributed by atoms with Crippen LogP contribution >= 0.6 is 0 Å². The van der Waals surface area contributed by atoms with Crippen LogP contribution in [0.2, 0.25) is 0 Å². The lowest BCUT2D eigenvalue weighted by Gasteiger charge is -2.39. The summed E-state index contributed by atoms with van der Waals surface area (Å²) in [5.74, 6) is -0.113. The first-order valence-corrected chi connectivity index (χ1v) is 9.44. The summed E-state index contributed by atoms with van der Waals surface area (Å²) < 4.78 is 0. The zero-order valence-corrected chi connectivity index (χ0v) is 16.0. The molecule has 0 radical (unpaired) electrons. The van der Waals surface area contributed by atoms with Gasteiger partial charge in [-0.25, -0.2) is 0 Å². The van der Waals surface area contributed by atoms with E-state index in [0.29, 0.717) is 19.4 Å². The van der Waals surface area contributed by atoms with Crippen LogP contribution in [0.3, 0.4) is 0 Å². The molecular weight excluding hydrogens is 340 g/mol. The average Bonchev–Trinajstić information content (AvgIpc) is 2.64. The Morgan fingerprint density at radius 3 is 2.37 bits per heavy atom. The van der Waals surface area contributed by atoms with Gasteiger partial charge in [0.05, 0.1) is 11.7 Å². The van der Waals surface area contributed by atoms with Gasteiger partial charge < -0.3 is 20.4 Å². The number of nitrogens with one attached hydrogen (secondary N) is 1. The Balaban J connectivity index is 1.57. The minimum absolute atomic E-state index is 0.113. The van der Waals surface area contributed by atoms with Crippen molar-refractivity contribution < 1.29 is 15.0 Å². The van der Waals surface area contributed by atoms with Crippen LogP contribution in [0.4, 0.5) is 5.69 Å². The molecule has 1 saturated heterocycles. The normalized spacial score (nSPS) is 18.1. The molecule has 27 heavy (non-hydrogen) atoms. The van der Waals surface area contributed by atoms with Crippen molar-refractivity contribution in [2.45, 2.75) is 38.4 Å². The van der Waals surface area contributed by atoms with Crippen molar-refractivity contribution in [3.8, 4) is 0 Å². The number of β-amino-alcohol motifs (C(OH)–C–C–N with tert-alkyl or cyclic N) is 1. The molecule has 5 nitrogen and oxygen atoms in total. The van der Waals surface area contributed by atoms with Gasteiger partial charge in [0, 0.05) is 32.2 Å². The van der Waals surface area contributed by atoms with Gasteiger partial charge in [0.1, 0.15) is 0 Å². The molecular formula is C22H28N2O3. The number of carbonyl (C=O) groups is 1. The van der Waals surface area contributed by atoms with Gasteiger partial charge in [0.2, 0.25) is 5.91 Å². The van der Waals surface area contributed by atoms with Crippen LogP contribution in [-0.4, -0.2) is 40.7 Å². The van der Waals surface area contributed by atoms with E-state index in [2.05, 4.69) is 10.2 Å². The fourth-order valence-electron chi connectivity index (χ4n) is 3.81. The van der Waals surface area contributed by atoms with Crippen molar-refractivity contribution in [2.24, 2.45) is 0 Å². The highest BCUT2D eigenvalue weighted by atomic mass is 16.3. The molecule has 0 spiro atoms. The van der Waals surface area contributed by atoms with Gasteiger partial charge in [-0.1, -0.05) is 36.4 Å². The van der Waals surface area contributed by atoms with Crippen LogP contribution < -0.4 is 5.32 Å². The lowest BCUT2D eigenvalue weighted by Crippen LogP contribution is -2.44. The van der Waals surface area contributed by atoms with Gasteiger partial charge in [-0.15, -0.1) is 0 Å². The van der Waals surface area contributed by atoms with Crippen LogP contribution in [0.1, 0.15) is 42.6 Å². The maximum atomic E-state index is 11.1. The number of aryl methyl sites for hydroxylation is 1. The quantitative estimate of drug-likeness (QED) is 0.759. The zero-order valence-electron chi connectivity index (χ0n) is 16.0. The van der Waals surface area contributed by atoms with Crippen LogP contribution in [0.5, 0.6) is 0 Å². The van der Waals surface area contributed by atoms with Crippen LogP contribution in [0.15, 0.2) is 48.5 Å². The molecule has 144 valence electrons. The minimum Gasteiger partial charge on any atom is -0.387 e. The van der Waals surface area contributed by atoms with Crippen LogP contribution in [-0.2, 0) is 10.4 Å². The molecule has 1 aliphatic rings. The SMILES string of the molecule is CC(=O)Nc1ccc([C@H](O)CN2CCC(O)(c3ccccc3C)CC2)cc1. The molecule has 0 unspecified atom stereocenters. The summed E-state index contributed by atoms with van der Waals surface area (Å²) in [6.07, 6.45) is 0.721. The molecule has 5 heteroatoms. The molecule has 1 aliphatic heterocycles. The van der Waals surface area contributed by atoms with Gasteiger partial charge >= 0.3 is 0 Å². The number of aliphatic hydroxyl groups excluding tert-OH is 1. The number of aliphatic hydroxyl groups is 2. The van der Waals surface area contributed by atoms with E-state index in [1.54, 1.807) is 12.1 Å². The molecule has 3 N–H and O–H groups in total. The first-order chi connectivity index (χ1) is 12.9. The maximum Gasteiger partial charge on any atom is 0.221 e. The Hall–Kier alpha value is -2.21. The number of hydrogen-bond acceptors (Lipinski definition) is 4. The monoisotopic (exact) mass is 368 g/mol. The smallest absolute Gasteiger partial charge is 0.221 e. The lowest BCUT2D eigenvalue weighted by molar-refractivity contribution is -0.114. The third kappa shape index (κ3) is 4.75. The van der Waals surface area contributed by atoms with Crippen LogP contribution in [0, 0.1) is 6.92 Å². The second kappa shape index (κ2) is 8.21. The molecule has 1 heterocycles. The van der Waals surface area contributed by atoms with E-state index < -0.39 is 11.7 Å². The van der Waals surface area contributed by atoms with Crippen molar-refractivity contribution in [1.29, 1.82) is 0 Å². The Morgan fingerprint density at radius 1 is 1.15 bits per heavy atom. The van der Waals surface area contributed by atoms with Gasteiger partial charge in [-0.05, 0) is 48.6 Å². The van der Waals surface area contributed by atoms with E-state index in [4.69, 9.17) is 0 Å². The Labute approximate surface area is 160 Å². The van der Waals surface area contributed by atoms with Crippen molar-refractivity contribution in [3.63, 3.8) is 0 Å². The summed E-state index contributed by atoms with van der Waals surface area (Å²) in [6, 6.07) is 15.3. The molecule has 0 aliphatic carbocycles. The molecule has 2 aromatic rings. The Morgan fingerprint density at radius 2 is 1.78 bits per heavy atom. The Kier molecular flexibility index (Phi) is 5.95. The first-order valence-electron chi connectivity index (χ1n) is 9.44. The number of benzene rings is 2. The first kappa shape index (κ1) is 19.5. The molecule has 1 amide bonds. The van der Waals surface area contributed by atoms with Gasteiger partial charge in [0.25, 0.3) is 0 Å². The predicted octanol–water partition coefficient (Wildman–Crippen LogP) is 2.97. The molecule has 1 fully saturated rings. The Bertz CT molecular complexity index is 780. The zero-order chi connectivity index (χ0) is 19.4. The van der Waals surface area contributed by atoms with E-state index >= 15 is 0 Å². The summed E-state index contributed by atoms with van der Waals surface area (Å²) in [4.78, 5) is 13.3. The third-order valence-electron chi connectivity index (χ3n) is 5.38. The van der Waals surface area contributed by atoms with Gasteiger partial charge in [0.15, 0.2) is 0 Å². The average molecular weight is 368 g/mol. The highest BCUT2D eigenvalue weighted by molar-refractivity contribution is 5.88. The van der Waals surface area contributed by atoms with Crippen molar-refractivity contribution in [1.82, 2.24) is 4.90 Å². The summed E-state index contributed by atoms with van der Waals surface area (Å²) in [5.41, 5.74) is 2.89. The minimum atomic E-state index is -0.785. The van der Waals surface area contributed by atoms with E-state index in [1.807, 2.05) is 43.3 Å². The lowest BCUT2D eigenvalue weighted by atomic mass is 9.82. The summed E-state index contributed by atoms with van der Waals surface area (Å²) in [5, 5.41) is 24.3. The van der Waals surface area contributed by atoms with Gasteiger partial charge in [-0.2, -0.15) is 0 Å². The van der Waals surface area contributed by atoms with Crippen molar-refractivity contribution in [2.75, 3.05) is 25.0 Å². The third-order valence-corrected chi connectivity index (χ3v) is 5.38. The number of piperidine rings is 1. The van der Waals surface area contributed by atoms with Crippen LogP contribution in [0.25, 0.3) is 0 Å². The number of carbonyl (C=O) groups excluding carboxylic acids is 1.